The van der Waals surface area contributed by atoms with Crippen molar-refractivity contribution < 1.29 is 33.0 Å². The van der Waals surface area contributed by atoms with Crippen LogP contribution in [0.2, 0.25) is 0 Å². The summed E-state index contributed by atoms with van der Waals surface area (Å²) in [6.07, 6.45) is -2.16. The molecular formula is C16H19FN2O6S. The smallest absolute Gasteiger partial charge is 0.413 e. The number of benzene rings is 1. The summed E-state index contributed by atoms with van der Waals surface area (Å²) in [4.78, 5) is 46.2. The highest BCUT2D eigenvalue weighted by molar-refractivity contribution is 8.01. The summed E-state index contributed by atoms with van der Waals surface area (Å²) in [6, 6.07) is 5.25. The zero-order valence-electron chi connectivity index (χ0n) is 14.4. The van der Waals surface area contributed by atoms with Crippen molar-refractivity contribution in [2.24, 2.45) is 0 Å². The van der Waals surface area contributed by atoms with Gasteiger partial charge in [0, 0.05) is 5.69 Å². The second-order valence-electron chi connectivity index (χ2n) is 5.07. The fourth-order valence-electron chi connectivity index (χ4n) is 1.58. The van der Waals surface area contributed by atoms with E-state index in [2.05, 4.69) is 10.1 Å². The first-order chi connectivity index (χ1) is 12.2. The first kappa shape index (κ1) is 21.4. The lowest BCUT2D eigenvalue weighted by Crippen LogP contribution is -2.40. The molecule has 0 bridgehead atoms. The van der Waals surface area contributed by atoms with Crippen LogP contribution in [0.3, 0.4) is 0 Å². The van der Waals surface area contributed by atoms with Crippen LogP contribution in [-0.4, -0.2) is 48.1 Å². The molecule has 1 rings (SSSR count). The monoisotopic (exact) mass is 386 g/mol. The molecule has 0 unspecified atom stereocenters. The van der Waals surface area contributed by atoms with Gasteiger partial charge in [0.05, 0.1) is 12.9 Å². The fourth-order valence-corrected chi connectivity index (χ4v) is 2.24. The van der Waals surface area contributed by atoms with E-state index in [9.17, 15) is 23.6 Å². The van der Waals surface area contributed by atoms with Gasteiger partial charge in [-0.1, -0.05) is 0 Å². The minimum absolute atomic E-state index is 0.0453. The van der Waals surface area contributed by atoms with Crippen LogP contribution in [0.4, 0.5) is 14.9 Å². The largest absolute Gasteiger partial charge is 0.453 e. The molecule has 26 heavy (non-hydrogen) atoms. The topological polar surface area (TPSA) is 111 Å². The van der Waals surface area contributed by atoms with Gasteiger partial charge in [0.2, 0.25) is 5.91 Å². The number of imide groups is 1. The maximum Gasteiger partial charge on any atom is 0.413 e. The molecule has 0 aliphatic carbocycles. The van der Waals surface area contributed by atoms with Crippen LogP contribution in [-0.2, 0) is 23.9 Å². The Morgan fingerprint density at radius 3 is 2.35 bits per heavy atom. The van der Waals surface area contributed by atoms with Gasteiger partial charge >= 0.3 is 12.1 Å². The van der Waals surface area contributed by atoms with Crippen molar-refractivity contribution in [3.05, 3.63) is 30.1 Å². The van der Waals surface area contributed by atoms with Crippen molar-refractivity contribution in [3.8, 4) is 0 Å². The second-order valence-corrected chi connectivity index (χ2v) is 6.40. The molecule has 0 saturated carbocycles. The van der Waals surface area contributed by atoms with Gasteiger partial charge in [0.15, 0.2) is 6.10 Å². The van der Waals surface area contributed by atoms with E-state index in [1.807, 2.05) is 5.32 Å². The van der Waals surface area contributed by atoms with Crippen LogP contribution < -0.4 is 10.6 Å². The van der Waals surface area contributed by atoms with E-state index in [0.29, 0.717) is 5.69 Å². The summed E-state index contributed by atoms with van der Waals surface area (Å²) in [5.74, 6) is -2.37. The van der Waals surface area contributed by atoms with Gasteiger partial charge in [0.1, 0.15) is 11.1 Å². The number of carbonyl (C=O) groups excluding carboxylic acids is 4. The predicted molar refractivity (Wildman–Crippen MR) is 93.1 cm³/mol. The van der Waals surface area contributed by atoms with Gasteiger partial charge < -0.3 is 14.8 Å². The fraction of sp³-hybridized carbons (Fsp3) is 0.375. The number of alkyl carbamates (subject to hydrolysis) is 1. The summed E-state index contributed by atoms with van der Waals surface area (Å²) in [5, 5.41) is 3.72. The highest BCUT2D eigenvalue weighted by Gasteiger charge is 2.24. The third kappa shape index (κ3) is 7.51. The number of hydrogen-bond donors (Lipinski definition) is 2. The molecule has 142 valence electrons. The zero-order valence-corrected chi connectivity index (χ0v) is 15.2. The number of carbonyl (C=O) groups is 4. The molecule has 0 aliphatic rings. The van der Waals surface area contributed by atoms with E-state index in [4.69, 9.17) is 4.74 Å². The Labute approximate surface area is 153 Å². The summed E-state index contributed by atoms with van der Waals surface area (Å²) < 4.78 is 22.0. The summed E-state index contributed by atoms with van der Waals surface area (Å²) in [7, 11) is 1.09. The van der Waals surface area contributed by atoms with Crippen molar-refractivity contribution in [1.29, 1.82) is 0 Å². The average molecular weight is 386 g/mol. The van der Waals surface area contributed by atoms with E-state index in [0.717, 1.165) is 18.9 Å². The molecule has 3 amide bonds. The first-order valence-electron chi connectivity index (χ1n) is 7.49. The number of ether oxygens (including phenoxy) is 2. The van der Waals surface area contributed by atoms with Crippen molar-refractivity contribution in [2.75, 3.05) is 18.2 Å². The molecule has 8 nitrogen and oxygen atoms in total. The van der Waals surface area contributed by atoms with Crippen LogP contribution in [0.1, 0.15) is 13.8 Å². The highest BCUT2D eigenvalue weighted by Crippen LogP contribution is 2.15. The lowest BCUT2D eigenvalue weighted by atomic mass is 10.3. The normalized spacial score (nSPS) is 12.5. The van der Waals surface area contributed by atoms with Gasteiger partial charge in [-0.05, 0) is 38.1 Å². The van der Waals surface area contributed by atoms with E-state index < -0.39 is 35.1 Å². The van der Waals surface area contributed by atoms with Crippen molar-refractivity contribution >= 4 is 41.3 Å². The molecule has 0 fully saturated rings. The number of amides is 3. The van der Waals surface area contributed by atoms with Gasteiger partial charge in [0.25, 0.3) is 5.91 Å². The first-order valence-corrected chi connectivity index (χ1v) is 8.54. The molecule has 0 aromatic heterocycles. The number of hydrogen-bond acceptors (Lipinski definition) is 7. The average Bonchev–Trinajstić information content (AvgIpc) is 2.61. The van der Waals surface area contributed by atoms with Gasteiger partial charge in [-0.3, -0.25) is 19.7 Å². The van der Waals surface area contributed by atoms with Crippen LogP contribution in [0, 0.1) is 5.82 Å². The van der Waals surface area contributed by atoms with E-state index in [1.165, 1.54) is 38.1 Å². The van der Waals surface area contributed by atoms with Gasteiger partial charge in [-0.25, -0.2) is 9.18 Å². The van der Waals surface area contributed by atoms with Crippen LogP contribution in [0.5, 0.6) is 0 Å². The number of methoxy groups -OCH3 is 1. The molecule has 0 radical (unpaired) electrons. The summed E-state index contributed by atoms with van der Waals surface area (Å²) >= 11 is 1.00. The predicted octanol–water partition coefficient (Wildman–Crippen LogP) is 1.70. The Morgan fingerprint density at radius 2 is 1.77 bits per heavy atom. The molecule has 1 aromatic rings. The minimum Gasteiger partial charge on any atom is -0.453 e. The summed E-state index contributed by atoms with van der Waals surface area (Å²) in [5.41, 5.74) is 0.431. The van der Waals surface area contributed by atoms with Gasteiger partial charge in [-0.2, -0.15) is 0 Å². The van der Waals surface area contributed by atoms with Crippen LogP contribution in [0.15, 0.2) is 24.3 Å². The molecule has 2 atom stereocenters. The molecule has 0 saturated heterocycles. The number of esters is 1. The zero-order chi connectivity index (χ0) is 19.7. The number of halogens is 1. The maximum atomic E-state index is 12.8. The van der Waals surface area contributed by atoms with E-state index in [1.54, 1.807) is 0 Å². The molecule has 10 heteroatoms. The van der Waals surface area contributed by atoms with Crippen LogP contribution >= 0.6 is 11.8 Å². The Balaban J connectivity index is 2.39. The van der Waals surface area contributed by atoms with Crippen molar-refractivity contribution in [3.63, 3.8) is 0 Å². The molecule has 0 aliphatic heterocycles. The third-order valence-electron chi connectivity index (χ3n) is 3.00. The third-order valence-corrected chi connectivity index (χ3v) is 4.12. The highest BCUT2D eigenvalue weighted by atomic mass is 32.2. The minimum atomic E-state index is -1.20. The van der Waals surface area contributed by atoms with E-state index in [-0.39, 0.29) is 11.7 Å². The molecule has 1 aromatic carbocycles. The second kappa shape index (κ2) is 10.4. The SMILES string of the molecule is COC(=O)NC(=O)[C@@H](C)OC(=O)[C@@H](C)SCC(=O)Nc1ccc(F)cc1. The molecule has 0 heterocycles. The van der Waals surface area contributed by atoms with E-state index >= 15 is 0 Å². The number of rotatable bonds is 7. The van der Waals surface area contributed by atoms with Gasteiger partial charge in [-0.15, -0.1) is 11.8 Å². The number of anilines is 1. The summed E-state index contributed by atoms with van der Waals surface area (Å²) in [6.45, 7) is 2.82. The number of thioether (sulfide) groups is 1. The van der Waals surface area contributed by atoms with Crippen LogP contribution in [0.25, 0.3) is 0 Å². The number of nitrogens with one attached hydrogen (secondary N) is 2. The quantitative estimate of drug-likeness (QED) is 0.686. The lowest BCUT2D eigenvalue weighted by molar-refractivity contribution is -0.153. The maximum absolute atomic E-state index is 12.8. The molecular weight excluding hydrogens is 367 g/mol. The Morgan fingerprint density at radius 1 is 1.15 bits per heavy atom. The van der Waals surface area contributed by atoms with Crippen molar-refractivity contribution in [1.82, 2.24) is 5.32 Å². The molecule has 2 N–H and O–H groups in total. The Kier molecular flexibility index (Phi) is 8.56. The Bertz CT molecular complexity index is 667. The lowest BCUT2D eigenvalue weighted by Gasteiger charge is -2.15. The Hall–Kier alpha value is -2.62. The molecule has 0 spiro atoms. The standard InChI is InChI=1S/C16H19FN2O6S/c1-9(14(21)19-16(23)24-3)25-15(22)10(2)26-8-13(20)18-12-6-4-11(17)5-7-12/h4-7,9-10H,8H2,1-3H3,(H,18,20)(H,19,21,23)/t9-,10-/m1/s1. The van der Waals surface area contributed by atoms with Crippen molar-refractivity contribution in [2.45, 2.75) is 25.2 Å².